The van der Waals surface area contributed by atoms with Crippen LogP contribution in [-0.2, 0) is 0 Å². The van der Waals surface area contributed by atoms with Gasteiger partial charge in [0.25, 0.3) is 0 Å². The van der Waals surface area contributed by atoms with E-state index >= 15 is 0 Å². The lowest BCUT2D eigenvalue weighted by Crippen LogP contribution is -2.13. The number of aliphatic hydroxyl groups is 1. The smallest absolute Gasteiger partial charge is 0.166 e. The maximum atomic E-state index is 10.9. The number of aromatic nitrogens is 4. The van der Waals surface area contributed by atoms with Crippen LogP contribution in [0.25, 0.3) is 45.0 Å². The van der Waals surface area contributed by atoms with Gasteiger partial charge in [0.1, 0.15) is 0 Å². The standard InChI is InChI=1S/C33H28N4OS2/c38-27(21-39-32-34-28(23-13-5-1-6-14-23)29(35-32)24-15-7-2-8-16-24)22-40-33-36-30(25-17-9-3-10-18-25)31(37-33)26-19-11-4-12-20-26/h1-20,27,38H,21-22H2,(H,34,35)(H,36,37). The number of aliphatic hydroxyl groups excluding tert-OH is 1. The molecule has 2 aromatic heterocycles. The molecule has 0 amide bonds. The van der Waals surface area contributed by atoms with E-state index in [0.717, 1.165) is 55.3 Å². The molecule has 198 valence electrons. The average Bonchev–Trinajstić information content (AvgIpc) is 3.66. The minimum absolute atomic E-state index is 0.515. The van der Waals surface area contributed by atoms with Gasteiger partial charge >= 0.3 is 0 Å². The average molecular weight is 561 g/mol. The molecule has 0 saturated carbocycles. The summed E-state index contributed by atoms with van der Waals surface area (Å²) in [5, 5.41) is 12.4. The highest BCUT2D eigenvalue weighted by Gasteiger charge is 2.18. The Bertz CT molecular complexity index is 1410. The molecule has 5 nitrogen and oxygen atoms in total. The SMILES string of the molecule is OC(CSc1nc(-c2ccccc2)c(-c2ccccc2)[nH]1)CSc1nc(-c2ccccc2)c(-c2ccccc2)[nH]1. The van der Waals surface area contributed by atoms with Crippen LogP contribution in [-0.4, -0.2) is 42.7 Å². The van der Waals surface area contributed by atoms with Gasteiger partial charge in [0.05, 0.1) is 28.9 Å². The van der Waals surface area contributed by atoms with Crippen molar-refractivity contribution in [2.24, 2.45) is 0 Å². The zero-order chi connectivity index (χ0) is 27.1. The lowest BCUT2D eigenvalue weighted by molar-refractivity contribution is 0.225. The van der Waals surface area contributed by atoms with E-state index in [0.29, 0.717) is 11.5 Å². The molecule has 0 aliphatic heterocycles. The van der Waals surface area contributed by atoms with Crippen molar-refractivity contribution in [3.8, 4) is 45.0 Å². The van der Waals surface area contributed by atoms with E-state index < -0.39 is 6.10 Å². The topological polar surface area (TPSA) is 77.6 Å². The molecule has 40 heavy (non-hydrogen) atoms. The van der Waals surface area contributed by atoms with Gasteiger partial charge in [-0.15, -0.1) is 0 Å². The van der Waals surface area contributed by atoms with E-state index in [4.69, 9.17) is 9.97 Å². The summed E-state index contributed by atoms with van der Waals surface area (Å²) in [7, 11) is 0. The van der Waals surface area contributed by atoms with Crippen molar-refractivity contribution in [3.05, 3.63) is 121 Å². The molecular weight excluding hydrogens is 533 g/mol. The van der Waals surface area contributed by atoms with E-state index in [9.17, 15) is 5.11 Å². The van der Waals surface area contributed by atoms with Crippen molar-refractivity contribution in [1.29, 1.82) is 0 Å². The second-order valence-corrected chi connectivity index (χ2v) is 11.3. The summed E-state index contributed by atoms with van der Waals surface area (Å²) in [6.45, 7) is 0. The Morgan fingerprint density at radius 3 is 1.18 bits per heavy atom. The van der Waals surface area contributed by atoms with Crippen LogP contribution < -0.4 is 0 Å². The predicted molar refractivity (Wildman–Crippen MR) is 166 cm³/mol. The van der Waals surface area contributed by atoms with E-state index in [2.05, 4.69) is 58.5 Å². The molecule has 2 heterocycles. The largest absolute Gasteiger partial charge is 0.391 e. The number of aromatic amines is 2. The van der Waals surface area contributed by atoms with Crippen molar-refractivity contribution in [2.45, 2.75) is 16.4 Å². The highest BCUT2D eigenvalue weighted by Crippen LogP contribution is 2.34. The zero-order valence-corrected chi connectivity index (χ0v) is 23.3. The number of hydrogen-bond acceptors (Lipinski definition) is 5. The van der Waals surface area contributed by atoms with Crippen molar-refractivity contribution in [3.63, 3.8) is 0 Å². The van der Waals surface area contributed by atoms with Crippen LogP contribution in [0, 0.1) is 0 Å². The number of benzene rings is 4. The predicted octanol–water partition coefficient (Wildman–Crippen LogP) is 8.05. The minimum Gasteiger partial charge on any atom is -0.391 e. The highest BCUT2D eigenvalue weighted by molar-refractivity contribution is 8.00. The molecule has 0 saturated heterocycles. The van der Waals surface area contributed by atoms with E-state index in [1.54, 1.807) is 0 Å². The van der Waals surface area contributed by atoms with E-state index in [1.807, 2.05) is 72.8 Å². The van der Waals surface area contributed by atoms with Crippen LogP contribution in [0.4, 0.5) is 0 Å². The second-order valence-electron chi connectivity index (χ2n) is 9.27. The van der Waals surface area contributed by atoms with E-state index in [1.165, 1.54) is 23.5 Å². The van der Waals surface area contributed by atoms with Gasteiger partial charge in [0, 0.05) is 33.8 Å². The molecule has 0 aliphatic carbocycles. The molecule has 0 unspecified atom stereocenters. The first-order chi connectivity index (χ1) is 19.7. The maximum absolute atomic E-state index is 10.9. The third kappa shape index (κ3) is 6.07. The monoisotopic (exact) mass is 560 g/mol. The summed E-state index contributed by atoms with van der Waals surface area (Å²) in [4.78, 5) is 16.8. The fraction of sp³-hybridized carbons (Fsp3) is 0.0909. The highest BCUT2D eigenvalue weighted by atomic mass is 32.2. The molecule has 0 fully saturated rings. The molecule has 6 aromatic rings. The molecule has 0 aliphatic rings. The normalized spacial score (nSPS) is 11.2. The van der Waals surface area contributed by atoms with Gasteiger partial charge in [-0.05, 0) is 0 Å². The van der Waals surface area contributed by atoms with Crippen molar-refractivity contribution >= 4 is 23.5 Å². The number of H-pyrrole nitrogens is 2. The summed E-state index contributed by atoms with van der Waals surface area (Å²) < 4.78 is 0. The maximum Gasteiger partial charge on any atom is 0.166 e. The summed E-state index contributed by atoms with van der Waals surface area (Å²) in [6.07, 6.45) is -0.536. The van der Waals surface area contributed by atoms with Crippen molar-refractivity contribution in [1.82, 2.24) is 19.9 Å². The summed E-state index contributed by atoms with van der Waals surface area (Å²) in [6, 6.07) is 40.8. The van der Waals surface area contributed by atoms with Gasteiger partial charge in [-0.1, -0.05) is 145 Å². The Morgan fingerprint density at radius 1 is 0.500 bits per heavy atom. The number of hydrogen-bond donors (Lipinski definition) is 3. The number of nitrogens with zero attached hydrogens (tertiary/aromatic N) is 2. The van der Waals surface area contributed by atoms with Crippen LogP contribution in [0.5, 0.6) is 0 Å². The van der Waals surface area contributed by atoms with Gasteiger partial charge in [0.15, 0.2) is 10.3 Å². The third-order valence-corrected chi connectivity index (χ3v) is 8.44. The molecule has 6 rings (SSSR count). The van der Waals surface area contributed by atoms with E-state index in [-0.39, 0.29) is 0 Å². The van der Waals surface area contributed by atoms with Crippen LogP contribution in [0.1, 0.15) is 0 Å². The third-order valence-electron chi connectivity index (χ3n) is 6.41. The Balaban J connectivity index is 1.15. The van der Waals surface area contributed by atoms with Gasteiger partial charge in [-0.25, -0.2) is 9.97 Å². The lowest BCUT2D eigenvalue weighted by atomic mass is 10.1. The fourth-order valence-electron chi connectivity index (χ4n) is 4.48. The molecule has 0 atom stereocenters. The Kier molecular flexibility index (Phi) is 8.14. The van der Waals surface area contributed by atoms with Crippen LogP contribution in [0.2, 0.25) is 0 Å². The number of imidazole rings is 2. The van der Waals surface area contributed by atoms with Crippen molar-refractivity contribution in [2.75, 3.05) is 11.5 Å². The summed E-state index contributed by atoms with van der Waals surface area (Å²) >= 11 is 3.06. The molecule has 4 aromatic carbocycles. The van der Waals surface area contributed by atoms with Gasteiger partial charge < -0.3 is 15.1 Å². The van der Waals surface area contributed by atoms with Gasteiger partial charge in [0.2, 0.25) is 0 Å². The van der Waals surface area contributed by atoms with Crippen LogP contribution in [0.3, 0.4) is 0 Å². The number of rotatable bonds is 10. The molecule has 0 spiro atoms. The first-order valence-electron chi connectivity index (χ1n) is 13.1. The second kappa shape index (κ2) is 12.4. The Morgan fingerprint density at radius 2 is 0.825 bits per heavy atom. The molecule has 0 radical (unpaired) electrons. The van der Waals surface area contributed by atoms with Crippen LogP contribution >= 0.6 is 23.5 Å². The molecule has 7 heteroatoms. The minimum atomic E-state index is -0.536. The Hall–Kier alpha value is -4.04. The van der Waals surface area contributed by atoms with Crippen molar-refractivity contribution < 1.29 is 5.11 Å². The first-order valence-corrected chi connectivity index (χ1v) is 15.1. The van der Waals surface area contributed by atoms with Gasteiger partial charge in [-0.3, -0.25) is 0 Å². The quantitative estimate of drug-likeness (QED) is 0.148. The number of thioether (sulfide) groups is 2. The molecular formula is C33H28N4OS2. The fourth-order valence-corrected chi connectivity index (χ4v) is 6.22. The Labute approximate surface area is 242 Å². The summed E-state index contributed by atoms with van der Waals surface area (Å²) in [5.74, 6) is 1.03. The summed E-state index contributed by atoms with van der Waals surface area (Å²) in [5.41, 5.74) is 8.07. The first kappa shape index (κ1) is 26.2. The zero-order valence-electron chi connectivity index (χ0n) is 21.7. The lowest BCUT2D eigenvalue weighted by Gasteiger charge is -2.07. The molecule has 0 bridgehead atoms. The van der Waals surface area contributed by atoms with Gasteiger partial charge in [-0.2, -0.15) is 0 Å². The molecule has 3 N–H and O–H groups in total. The van der Waals surface area contributed by atoms with Crippen LogP contribution in [0.15, 0.2) is 132 Å². The number of nitrogens with one attached hydrogen (secondary N) is 2.